The van der Waals surface area contributed by atoms with E-state index < -0.39 is 0 Å². The van der Waals surface area contributed by atoms with Crippen molar-refractivity contribution in [2.75, 3.05) is 13.1 Å². The molecule has 0 aliphatic carbocycles. The second-order valence-corrected chi connectivity index (χ2v) is 6.08. The zero-order valence-corrected chi connectivity index (χ0v) is 12.6. The van der Waals surface area contributed by atoms with Gasteiger partial charge in [0, 0.05) is 37.2 Å². The molecule has 1 unspecified atom stereocenters. The molecule has 2 heterocycles. The van der Waals surface area contributed by atoms with Crippen LogP contribution >= 0.6 is 0 Å². The van der Waals surface area contributed by atoms with Crippen molar-refractivity contribution in [3.8, 4) is 0 Å². The molecule has 0 amide bonds. The summed E-state index contributed by atoms with van der Waals surface area (Å²) >= 11 is 0. The summed E-state index contributed by atoms with van der Waals surface area (Å²) in [6.45, 7) is 5.94. The predicted molar refractivity (Wildman–Crippen MR) is 81.9 cm³/mol. The van der Waals surface area contributed by atoms with E-state index in [1.54, 1.807) is 12.1 Å². The standard InChI is InChI=1S/C17H22FN3/c1-3-13(2)21-9-8-14(20-21)10-17(11-19-12-17)15-6-4-5-7-16(15)18/h4-9,13,19H,3,10-12H2,1-2H3. The van der Waals surface area contributed by atoms with Crippen LogP contribution in [0.1, 0.15) is 37.6 Å². The van der Waals surface area contributed by atoms with Gasteiger partial charge in [0.25, 0.3) is 0 Å². The van der Waals surface area contributed by atoms with Crippen LogP contribution < -0.4 is 5.32 Å². The van der Waals surface area contributed by atoms with Crippen molar-refractivity contribution in [2.24, 2.45) is 0 Å². The molecule has 1 aromatic carbocycles. The third-order valence-corrected chi connectivity index (χ3v) is 4.60. The highest BCUT2D eigenvalue weighted by atomic mass is 19.1. The van der Waals surface area contributed by atoms with Gasteiger partial charge >= 0.3 is 0 Å². The first-order chi connectivity index (χ1) is 10.1. The molecule has 0 spiro atoms. The third-order valence-electron chi connectivity index (χ3n) is 4.60. The molecule has 1 N–H and O–H groups in total. The Labute approximate surface area is 125 Å². The first-order valence-corrected chi connectivity index (χ1v) is 7.64. The number of nitrogens with zero attached hydrogens (tertiary/aromatic N) is 2. The molecule has 1 aliphatic heterocycles. The fourth-order valence-electron chi connectivity index (χ4n) is 2.98. The highest BCUT2D eigenvalue weighted by Gasteiger charge is 2.41. The molecule has 1 aliphatic rings. The summed E-state index contributed by atoms with van der Waals surface area (Å²) in [5.41, 5.74) is 1.70. The Morgan fingerprint density at radius 1 is 1.33 bits per heavy atom. The molecule has 21 heavy (non-hydrogen) atoms. The highest BCUT2D eigenvalue weighted by Crippen LogP contribution is 2.33. The lowest BCUT2D eigenvalue weighted by Gasteiger charge is -2.43. The monoisotopic (exact) mass is 287 g/mol. The van der Waals surface area contributed by atoms with Crippen LogP contribution in [0.15, 0.2) is 36.5 Å². The van der Waals surface area contributed by atoms with Gasteiger partial charge in [-0.25, -0.2) is 4.39 Å². The van der Waals surface area contributed by atoms with Gasteiger partial charge in [-0.15, -0.1) is 0 Å². The van der Waals surface area contributed by atoms with Crippen molar-refractivity contribution in [3.05, 3.63) is 53.6 Å². The van der Waals surface area contributed by atoms with Crippen molar-refractivity contribution in [1.82, 2.24) is 15.1 Å². The smallest absolute Gasteiger partial charge is 0.127 e. The van der Waals surface area contributed by atoms with Crippen molar-refractivity contribution in [3.63, 3.8) is 0 Å². The van der Waals surface area contributed by atoms with Crippen LogP contribution in [-0.2, 0) is 11.8 Å². The van der Waals surface area contributed by atoms with E-state index in [0.717, 1.165) is 37.2 Å². The lowest BCUT2D eigenvalue weighted by atomic mass is 9.71. The maximum atomic E-state index is 14.1. The molecule has 112 valence electrons. The molecule has 3 nitrogen and oxygen atoms in total. The highest BCUT2D eigenvalue weighted by molar-refractivity contribution is 5.33. The van der Waals surface area contributed by atoms with E-state index in [9.17, 15) is 4.39 Å². The Morgan fingerprint density at radius 3 is 2.71 bits per heavy atom. The van der Waals surface area contributed by atoms with Gasteiger partial charge in [-0.1, -0.05) is 25.1 Å². The van der Waals surface area contributed by atoms with Gasteiger partial charge in [-0.3, -0.25) is 4.68 Å². The largest absolute Gasteiger partial charge is 0.315 e. The third kappa shape index (κ3) is 2.60. The number of nitrogens with one attached hydrogen (secondary N) is 1. The summed E-state index contributed by atoms with van der Waals surface area (Å²) in [7, 11) is 0. The van der Waals surface area contributed by atoms with Crippen LogP contribution in [-0.4, -0.2) is 22.9 Å². The van der Waals surface area contributed by atoms with Crippen LogP contribution in [0, 0.1) is 5.82 Å². The van der Waals surface area contributed by atoms with Gasteiger partial charge in [0.05, 0.1) is 5.69 Å². The predicted octanol–water partition coefficient (Wildman–Crippen LogP) is 3.08. The average Bonchev–Trinajstić information content (AvgIpc) is 2.91. The Balaban J connectivity index is 1.85. The number of hydrogen-bond acceptors (Lipinski definition) is 2. The molecule has 4 heteroatoms. The summed E-state index contributed by atoms with van der Waals surface area (Å²) in [5.74, 6) is -0.111. The Kier molecular flexibility index (Phi) is 3.81. The van der Waals surface area contributed by atoms with Gasteiger partial charge in [0.15, 0.2) is 0 Å². The summed E-state index contributed by atoms with van der Waals surface area (Å²) < 4.78 is 16.2. The Bertz CT molecular complexity index is 616. The number of aromatic nitrogens is 2. The lowest BCUT2D eigenvalue weighted by Crippen LogP contribution is -2.58. The van der Waals surface area contributed by atoms with E-state index in [2.05, 4.69) is 30.3 Å². The molecule has 1 fully saturated rings. The molecule has 1 atom stereocenters. The minimum absolute atomic E-state index is 0.111. The zero-order valence-electron chi connectivity index (χ0n) is 12.6. The molecule has 0 saturated carbocycles. The van der Waals surface area contributed by atoms with Crippen LogP contribution in [0.2, 0.25) is 0 Å². The minimum Gasteiger partial charge on any atom is -0.315 e. The van der Waals surface area contributed by atoms with Crippen LogP contribution in [0.5, 0.6) is 0 Å². The van der Waals surface area contributed by atoms with E-state index in [0.29, 0.717) is 6.04 Å². The van der Waals surface area contributed by atoms with Crippen molar-refractivity contribution < 1.29 is 4.39 Å². The first-order valence-electron chi connectivity index (χ1n) is 7.64. The van der Waals surface area contributed by atoms with E-state index in [1.165, 1.54) is 0 Å². The first kappa shape index (κ1) is 14.3. The molecule has 0 bridgehead atoms. The second-order valence-electron chi connectivity index (χ2n) is 6.08. The Hall–Kier alpha value is -1.68. The number of rotatable bonds is 5. The van der Waals surface area contributed by atoms with Crippen molar-refractivity contribution in [2.45, 2.75) is 38.1 Å². The normalized spacial score (nSPS) is 18.2. The summed E-state index contributed by atoms with van der Waals surface area (Å²) in [6, 6.07) is 9.58. The van der Waals surface area contributed by atoms with E-state index >= 15 is 0 Å². The zero-order chi connectivity index (χ0) is 14.9. The average molecular weight is 287 g/mol. The second kappa shape index (κ2) is 5.60. The quantitative estimate of drug-likeness (QED) is 0.916. The van der Waals surface area contributed by atoms with Gasteiger partial charge in [0.1, 0.15) is 5.82 Å². The van der Waals surface area contributed by atoms with E-state index in [1.807, 2.05) is 23.0 Å². The molecule has 2 aromatic rings. The summed E-state index contributed by atoms with van der Waals surface area (Å²) in [5, 5.41) is 7.96. The molecular weight excluding hydrogens is 265 g/mol. The summed E-state index contributed by atoms with van der Waals surface area (Å²) in [4.78, 5) is 0. The van der Waals surface area contributed by atoms with Crippen LogP contribution in [0.25, 0.3) is 0 Å². The topological polar surface area (TPSA) is 29.9 Å². The maximum absolute atomic E-state index is 14.1. The molecular formula is C17H22FN3. The summed E-state index contributed by atoms with van der Waals surface area (Å²) in [6.07, 6.45) is 3.87. The SMILES string of the molecule is CCC(C)n1ccc(CC2(c3ccccc3F)CNC2)n1. The van der Waals surface area contributed by atoms with E-state index in [4.69, 9.17) is 0 Å². The molecule has 1 saturated heterocycles. The van der Waals surface area contributed by atoms with E-state index in [-0.39, 0.29) is 11.2 Å². The van der Waals surface area contributed by atoms with Crippen molar-refractivity contribution >= 4 is 0 Å². The van der Waals surface area contributed by atoms with Gasteiger partial charge in [0.2, 0.25) is 0 Å². The van der Waals surface area contributed by atoms with Gasteiger partial charge in [-0.2, -0.15) is 5.10 Å². The fraction of sp³-hybridized carbons (Fsp3) is 0.471. The van der Waals surface area contributed by atoms with Crippen molar-refractivity contribution in [1.29, 1.82) is 0 Å². The van der Waals surface area contributed by atoms with Crippen LogP contribution in [0.3, 0.4) is 0 Å². The fourth-order valence-corrected chi connectivity index (χ4v) is 2.98. The number of hydrogen-bond donors (Lipinski definition) is 1. The Morgan fingerprint density at radius 2 is 2.10 bits per heavy atom. The maximum Gasteiger partial charge on any atom is 0.127 e. The molecule has 3 rings (SSSR count). The van der Waals surface area contributed by atoms with Gasteiger partial charge in [-0.05, 0) is 31.0 Å². The lowest BCUT2D eigenvalue weighted by molar-refractivity contribution is 0.262. The van der Waals surface area contributed by atoms with Gasteiger partial charge < -0.3 is 5.32 Å². The number of benzene rings is 1. The number of halogens is 1. The molecule has 0 radical (unpaired) electrons. The molecule has 1 aromatic heterocycles. The minimum atomic E-state index is -0.153. The van der Waals surface area contributed by atoms with Crippen LogP contribution in [0.4, 0.5) is 4.39 Å².